The van der Waals surface area contributed by atoms with Gasteiger partial charge < -0.3 is 20.8 Å². The predicted octanol–water partition coefficient (Wildman–Crippen LogP) is 5.23. The first-order valence-corrected chi connectivity index (χ1v) is 15.5. The van der Waals surface area contributed by atoms with Crippen LogP contribution in [-0.4, -0.2) is 67.0 Å². The molecule has 1 aliphatic rings. The normalized spacial score (nSPS) is 17.5. The number of hydrogen-bond acceptors (Lipinski definition) is 9. The van der Waals surface area contributed by atoms with Crippen molar-refractivity contribution in [1.29, 1.82) is 0 Å². The number of hydrogen-bond donors (Lipinski definition) is 5. The molecular formula is C24H28Cl2F3N5O5S2. The van der Waals surface area contributed by atoms with Crippen LogP contribution in [0, 0.1) is 11.8 Å². The number of benzene rings is 1. The van der Waals surface area contributed by atoms with Crippen molar-refractivity contribution in [3.63, 3.8) is 0 Å². The fourth-order valence-corrected chi connectivity index (χ4v) is 7.42. The largest absolute Gasteiger partial charge is 0.490 e. The number of anilines is 2. The second kappa shape index (κ2) is 14.6. The van der Waals surface area contributed by atoms with E-state index < -0.39 is 22.2 Å². The number of fused-ring (bicyclic) bond motifs is 1. The Hall–Kier alpha value is -2.43. The third kappa shape index (κ3) is 9.82. The fraction of sp³-hybridized carbons (Fsp3) is 0.458. The highest BCUT2D eigenvalue weighted by molar-refractivity contribution is 7.89. The first kappa shape index (κ1) is 33.1. The monoisotopic (exact) mass is 657 g/mol. The highest BCUT2D eigenvalue weighted by Gasteiger charge is 2.38. The molecule has 0 saturated heterocycles. The standard InChI is InChI=1S/C22H27Cl2N5O3S2.C2HF3O2/c23-19-11-18(20(24)33-19)34(31,32)27-13-15-7-5-14(6-8-15)12-26-22-28-17-4-2-1-3-16(17)21(29-22)25-9-10-30;3-2(4,5)1(6)7/h1-4,11,14-15,27,30H,5-10,12-13H2,(H2,25,26,28,29);(H,6,7). The van der Waals surface area contributed by atoms with Gasteiger partial charge in [-0.2, -0.15) is 18.2 Å². The molecule has 17 heteroatoms. The number of carboxylic acid groups (broad SMARTS) is 1. The molecule has 41 heavy (non-hydrogen) atoms. The summed E-state index contributed by atoms with van der Waals surface area (Å²) in [6.45, 7) is 1.58. The number of rotatable bonds is 10. The van der Waals surface area contributed by atoms with Crippen molar-refractivity contribution in [3.8, 4) is 0 Å². The van der Waals surface area contributed by atoms with Crippen LogP contribution >= 0.6 is 34.5 Å². The first-order chi connectivity index (χ1) is 19.3. The number of para-hydroxylation sites is 1. The molecular weight excluding hydrogens is 630 g/mol. The molecule has 2 aromatic heterocycles. The second-order valence-corrected chi connectivity index (χ2v) is 13.2. The number of halogens is 5. The van der Waals surface area contributed by atoms with E-state index in [-0.39, 0.29) is 21.8 Å². The van der Waals surface area contributed by atoms with Gasteiger partial charge in [-0.3, -0.25) is 0 Å². The maximum absolute atomic E-state index is 12.5. The van der Waals surface area contributed by atoms with Crippen LogP contribution in [0.5, 0.6) is 0 Å². The number of thiophene rings is 1. The van der Waals surface area contributed by atoms with Crippen LogP contribution in [0.25, 0.3) is 10.9 Å². The molecule has 0 spiro atoms. The predicted molar refractivity (Wildman–Crippen MR) is 152 cm³/mol. The number of aromatic nitrogens is 2. The van der Waals surface area contributed by atoms with Gasteiger partial charge in [0.15, 0.2) is 0 Å². The summed E-state index contributed by atoms with van der Waals surface area (Å²) in [5.41, 5.74) is 0.837. The van der Waals surface area contributed by atoms with Crippen molar-refractivity contribution in [1.82, 2.24) is 14.7 Å². The molecule has 1 aliphatic carbocycles. The Balaban J connectivity index is 0.000000587. The highest BCUT2D eigenvalue weighted by Crippen LogP contribution is 2.35. The van der Waals surface area contributed by atoms with E-state index in [1.54, 1.807) is 0 Å². The van der Waals surface area contributed by atoms with Crippen LogP contribution in [0.2, 0.25) is 8.67 Å². The smallest absolute Gasteiger partial charge is 0.475 e. The number of nitrogens with zero attached hydrogens (tertiary/aromatic N) is 2. The van der Waals surface area contributed by atoms with E-state index in [2.05, 4.69) is 25.3 Å². The van der Waals surface area contributed by atoms with E-state index in [1.165, 1.54) is 6.07 Å². The first-order valence-electron chi connectivity index (χ1n) is 12.4. The maximum Gasteiger partial charge on any atom is 0.490 e. The summed E-state index contributed by atoms with van der Waals surface area (Å²) in [5.74, 6) is -0.759. The summed E-state index contributed by atoms with van der Waals surface area (Å²) in [6, 6.07) is 9.15. The second-order valence-electron chi connectivity index (χ2n) is 9.17. The van der Waals surface area contributed by atoms with Crippen LogP contribution in [0.15, 0.2) is 35.2 Å². The third-order valence-corrected chi connectivity index (χ3v) is 9.42. The van der Waals surface area contributed by atoms with Gasteiger partial charge in [-0.25, -0.2) is 22.9 Å². The zero-order valence-corrected chi connectivity index (χ0v) is 24.6. The summed E-state index contributed by atoms with van der Waals surface area (Å²) in [5, 5.41) is 23.7. The van der Waals surface area contributed by atoms with Crippen molar-refractivity contribution in [2.24, 2.45) is 11.8 Å². The van der Waals surface area contributed by atoms with Crippen molar-refractivity contribution < 1.29 is 36.6 Å². The van der Waals surface area contributed by atoms with E-state index in [0.717, 1.165) is 54.5 Å². The van der Waals surface area contributed by atoms with Gasteiger partial charge in [0, 0.05) is 25.0 Å². The Labute approximate surface area is 248 Å². The average molecular weight is 659 g/mol. The van der Waals surface area contributed by atoms with Gasteiger partial charge in [-0.05, 0) is 55.7 Å². The zero-order valence-electron chi connectivity index (χ0n) is 21.4. The number of carbonyl (C=O) groups is 1. The molecule has 2 heterocycles. The SMILES string of the molecule is O=C(O)C(F)(F)F.O=S(=O)(NCC1CCC(CNc2nc(NCCO)c3ccccc3n2)CC1)c1cc(Cl)sc1Cl. The van der Waals surface area contributed by atoms with Gasteiger partial charge in [0.1, 0.15) is 15.0 Å². The molecule has 0 amide bonds. The lowest BCUT2D eigenvalue weighted by Gasteiger charge is -2.28. The lowest BCUT2D eigenvalue weighted by atomic mass is 9.82. The molecule has 10 nitrogen and oxygen atoms in total. The summed E-state index contributed by atoms with van der Waals surface area (Å²) in [4.78, 5) is 18.2. The van der Waals surface area contributed by atoms with Gasteiger partial charge >= 0.3 is 12.1 Å². The van der Waals surface area contributed by atoms with E-state index in [4.69, 9.17) is 38.2 Å². The van der Waals surface area contributed by atoms with E-state index in [1.807, 2.05) is 24.3 Å². The van der Waals surface area contributed by atoms with Crippen LogP contribution < -0.4 is 15.4 Å². The molecule has 1 saturated carbocycles. The zero-order chi connectivity index (χ0) is 30.2. The summed E-state index contributed by atoms with van der Waals surface area (Å²) < 4.78 is 60.0. The quantitative estimate of drug-likeness (QED) is 0.197. The van der Waals surface area contributed by atoms with E-state index in [0.29, 0.717) is 35.1 Å². The van der Waals surface area contributed by atoms with E-state index in [9.17, 15) is 21.6 Å². The number of aliphatic carboxylic acids is 1. The summed E-state index contributed by atoms with van der Waals surface area (Å²) >= 11 is 12.9. The van der Waals surface area contributed by atoms with Crippen molar-refractivity contribution in [3.05, 3.63) is 39.0 Å². The number of sulfonamides is 1. The molecule has 226 valence electrons. The minimum atomic E-state index is -5.08. The maximum atomic E-state index is 12.5. The van der Waals surface area contributed by atoms with Gasteiger partial charge in [-0.15, -0.1) is 11.3 Å². The summed E-state index contributed by atoms with van der Waals surface area (Å²) in [6.07, 6.45) is -1.22. The van der Waals surface area contributed by atoms with Gasteiger partial charge in [0.25, 0.3) is 0 Å². The molecule has 0 atom stereocenters. The Morgan fingerprint density at radius 1 is 1.05 bits per heavy atom. The van der Waals surface area contributed by atoms with Gasteiger partial charge in [0.05, 0.1) is 16.5 Å². The Morgan fingerprint density at radius 2 is 1.66 bits per heavy atom. The van der Waals surface area contributed by atoms with Crippen molar-refractivity contribution in [2.75, 3.05) is 36.9 Å². The van der Waals surface area contributed by atoms with Crippen molar-refractivity contribution in [2.45, 2.75) is 36.8 Å². The van der Waals surface area contributed by atoms with Crippen LogP contribution in [0.1, 0.15) is 25.7 Å². The van der Waals surface area contributed by atoms with Crippen molar-refractivity contribution >= 4 is 73.2 Å². The lowest BCUT2D eigenvalue weighted by molar-refractivity contribution is -0.192. The summed E-state index contributed by atoms with van der Waals surface area (Å²) in [7, 11) is -3.66. The molecule has 4 rings (SSSR count). The molecule has 0 unspecified atom stereocenters. The third-order valence-electron chi connectivity index (χ3n) is 6.24. The Kier molecular flexibility index (Phi) is 11.8. The minimum Gasteiger partial charge on any atom is -0.475 e. The Morgan fingerprint density at radius 3 is 2.22 bits per heavy atom. The van der Waals surface area contributed by atoms with Crippen LogP contribution in [0.3, 0.4) is 0 Å². The van der Waals surface area contributed by atoms with Crippen LogP contribution in [0.4, 0.5) is 24.9 Å². The molecule has 3 aromatic rings. The average Bonchev–Trinajstić information content (AvgIpc) is 3.28. The molecule has 1 fully saturated rings. The topological polar surface area (TPSA) is 154 Å². The minimum absolute atomic E-state index is 0.0224. The lowest BCUT2D eigenvalue weighted by Crippen LogP contribution is -2.32. The number of nitrogens with one attached hydrogen (secondary N) is 3. The molecule has 5 N–H and O–H groups in total. The van der Waals surface area contributed by atoms with Gasteiger partial charge in [0.2, 0.25) is 16.0 Å². The highest BCUT2D eigenvalue weighted by atomic mass is 35.5. The molecule has 0 bridgehead atoms. The number of aliphatic hydroxyl groups is 1. The number of carboxylic acids is 1. The van der Waals surface area contributed by atoms with E-state index >= 15 is 0 Å². The Bertz CT molecular complexity index is 1430. The van der Waals surface area contributed by atoms with Gasteiger partial charge in [-0.1, -0.05) is 35.3 Å². The molecule has 0 aliphatic heterocycles. The van der Waals surface area contributed by atoms with Crippen LogP contribution in [-0.2, 0) is 14.8 Å². The molecule has 1 aromatic carbocycles. The number of alkyl halides is 3. The fourth-order valence-electron chi connectivity index (χ4n) is 4.15. The molecule has 0 radical (unpaired) electrons. The number of aliphatic hydroxyl groups excluding tert-OH is 1.